The van der Waals surface area contributed by atoms with E-state index in [1.54, 1.807) is 0 Å². The van der Waals surface area contributed by atoms with Crippen molar-refractivity contribution in [1.29, 1.82) is 0 Å². The maximum atomic E-state index is 12.4. The Labute approximate surface area is 297 Å². The number of carbonyl (C=O) groups excluding carboxylic acids is 1. The smallest absolute Gasteiger partial charge is 0.307 e. The highest BCUT2D eigenvalue weighted by atomic mass is 16.5. The number of carbonyl (C=O) groups is 2. The van der Waals surface area contributed by atoms with Gasteiger partial charge < -0.3 is 9.84 Å². The van der Waals surface area contributed by atoms with Crippen molar-refractivity contribution in [3.05, 3.63) is 60.8 Å². The molecule has 0 rings (SSSR count). The van der Waals surface area contributed by atoms with Gasteiger partial charge in [-0.2, -0.15) is 0 Å². The fourth-order valence-corrected chi connectivity index (χ4v) is 5.82. The van der Waals surface area contributed by atoms with E-state index in [0.29, 0.717) is 12.8 Å². The Morgan fingerprint density at radius 2 is 0.896 bits per heavy atom. The van der Waals surface area contributed by atoms with Gasteiger partial charge in [0.05, 0.1) is 6.42 Å². The third-order valence-electron chi connectivity index (χ3n) is 8.74. The monoisotopic (exact) mass is 669 g/mol. The van der Waals surface area contributed by atoms with E-state index in [2.05, 4.69) is 74.6 Å². The van der Waals surface area contributed by atoms with Crippen LogP contribution in [0.4, 0.5) is 0 Å². The number of esters is 1. The van der Waals surface area contributed by atoms with Crippen LogP contribution in [0.1, 0.15) is 200 Å². The minimum atomic E-state index is -0.888. The van der Waals surface area contributed by atoms with E-state index in [4.69, 9.17) is 4.74 Å². The van der Waals surface area contributed by atoms with E-state index in [-0.39, 0.29) is 12.4 Å². The van der Waals surface area contributed by atoms with Crippen LogP contribution in [-0.2, 0) is 14.3 Å². The number of ether oxygens (including phenoxy) is 1. The molecule has 0 bridgehead atoms. The molecular weight excluding hydrogens is 592 g/mol. The van der Waals surface area contributed by atoms with E-state index in [0.717, 1.165) is 70.6 Å². The Kier molecular flexibility index (Phi) is 37.2. The summed E-state index contributed by atoms with van der Waals surface area (Å²) in [4.78, 5) is 23.7. The van der Waals surface area contributed by atoms with Crippen molar-refractivity contribution in [3.63, 3.8) is 0 Å². The predicted molar refractivity (Wildman–Crippen MR) is 208 cm³/mol. The second-order valence-electron chi connectivity index (χ2n) is 13.5. The Morgan fingerprint density at radius 3 is 1.35 bits per heavy atom. The zero-order chi connectivity index (χ0) is 35.0. The van der Waals surface area contributed by atoms with Crippen molar-refractivity contribution in [2.45, 2.75) is 206 Å². The minimum Gasteiger partial charge on any atom is -0.481 e. The molecule has 0 radical (unpaired) electrons. The molecule has 1 N–H and O–H groups in total. The first-order valence-corrected chi connectivity index (χ1v) is 20.3. The summed E-state index contributed by atoms with van der Waals surface area (Å²) in [5, 5.41) is 9.27. The van der Waals surface area contributed by atoms with Crippen LogP contribution in [0, 0.1) is 0 Å². The normalized spacial score (nSPS) is 12.9. The fourth-order valence-electron chi connectivity index (χ4n) is 5.82. The number of unbranched alkanes of at least 4 members (excludes halogenated alkanes) is 19. The molecule has 4 heteroatoms. The van der Waals surface area contributed by atoms with Crippen molar-refractivity contribution < 1.29 is 19.4 Å². The molecule has 48 heavy (non-hydrogen) atoms. The molecule has 276 valence electrons. The molecule has 0 saturated carbocycles. The van der Waals surface area contributed by atoms with E-state index in [1.165, 1.54) is 96.3 Å². The standard InChI is InChI=1S/C44H76O4/c1-3-5-7-9-11-13-15-17-19-20-21-22-23-24-26-28-30-32-34-36-38-40-44(47)48-42(41-43(45)46)39-37-35-33-31-29-27-25-18-16-14-12-10-8-6-4-2/h5,7,11,13,17,19,21-22,24,26,42H,3-4,6,8-10,12,14-16,18,20,23,25,27-41H2,1-2H3,(H,45,46)/b7-5-,13-11-,19-17-,22-21-,26-24-. The summed E-state index contributed by atoms with van der Waals surface area (Å²) in [6.45, 7) is 4.43. The lowest BCUT2D eigenvalue weighted by Gasteiger charge is -2.16. The van der Waals surface area contributed by atoms with Gasteiger partial charge in [0, 0.05) is 6.42 Å². The van der Waals surface area contributed by atoms with Gasteiger partial charge in [0.2, 0.25) is 0 Å². The number of allylic oxidation sites excluding steroid dienone is 10. The molecule has 1 unspecified atom stereocenters. The number of rotatable bonds is 36. The lowest BCUT2D eigenvalue weighted by Crippen LogP contribution is -2.21. The van der Waals surface area contributed by atoms with Crippen LogP contribution < -0.4 is 0 Å². The molecule has 0 amide bonds. The van der Waals surface area contributed by atoms with Gasteiger partial charge in [-0.15, -0.1) is 0 Å². The molecule has 0 aliphatic heterocycles. The van der Waals surface area contributed by atoms with Gasteiger partial charge in [-0.3, -0.25) is 9.59 Å². The molecule has 0 saturated heterocycles. The van der Waals surface area contributed by atoms with Gasteiger partial charge in [0.15, 0.2) is 0 Å². The predicted octanol–water partition coefficient (Wildman–Crippen LogP) is 14.1. The van der Waals surface area contributed by atoms with E-state index in [1.807, 2.05) is 0 Å². The average Bonchev–Trinajstić information content (AvgIpc) is 3.06. The van der Waals surface area contributed by atoms with Crippen LogP contribution in [0.15, 0.2) is 60.8 Å². The summed E-state index contributed by atoms with van der Waals surface area (Å²) >= 11 is 0. The molecule has 0 spiro atoms. The topological polar surface area (TPSA) is 63.6 Å². The molecule has 4 nitrogen and oxygen atoms in total. The van der Waals surface area contributed by atoms with Crippen LogP contribution in [-0.4, -0.2) is 23.1 Å². The van der Waals surface area contributed by atoms with Crippen LogP contribution in [0.3, 0.4) is 0 Å². The van der Waals surface area contributed by atoms with Crippen molar-refractivity contribution in [2.75, 3.05) is 0 Å². The molecule has 0 fully saturated rings. The molecule has 0 aliphatic carbocycles. The highest BCUT2D eigenvalue weighted by molar-refractivity contribution is 5.71. The Bertz CT molecular complexity index is 850. The zero-order valence-electron chi connectivity index (χ0n) is 31.5. The van der Waals surface area contributed by atoms with Gasteiger partial charge in [-0.05, 0) is 64.2 Å². The number of carboxylic acid groups (broad SMARTS) is 1. The Hall–Kier alpha value is -2.36. The molecule has 0 aliphatic rings. The number of hydrogen-bond acceptors (Lipinski definition) is 3. The quantitative estimate of drug-likeness (QED) is 0.0410. The van der Waals surface area contributed by atoms with Crippen molar-refractivity contribution in [3.8, 4) is 0 Å². The summed E-state index contributed by atoms with van der Waals surface area (Å²) in [7, 11) is 0. The van der Waals surface area contributed by atoms with Crippen molar-refractivity contribution >= 4 is 11.9 Å². The summed E-state index contributed by atoms with van der Waals surface area (Å²) in [5.41, 5.74) is 0. The summed E-state index contributed by atoms with van der Waals surface area (Å²) in [6, 6.07) is 0. The van der Waals surface area contributed by atoms with Crippen LogP contribution in [0.5, 0.6) is 0 Å². The van der Waals surface area contributed by atoms with Crippen LogP contribution in [0.2, 0.25) is 0 Å². The van der Waals surface area contributed by atoms with Gasteiger partial charge in [-0.1, -0.05) is 184 Å². The number of carboxylic acids is 1. The lowest BCUT2D eigenvalue weighted by molar-refractivity contribution is -0.153. The van der Waals surface area contributed by atoms with Gasteiger partial charge in [0.25, 0.3) is 0 Å². The molecule has 0 aromatic carbocycles. The molecule has 0 heterocycles. The Morgan fingerprint density at radius 1 is 0.500 bits per heavy atom. The second-order valence-corrected chi connectivity index (χ2v) is 13.5. The first kappa shape index (κ1) is 45.6. The van der Waals surface area contributed by atoms with Crippen LogP contribution in [0.25, 0.3) is 0 Å². The van der Waals surface area contributed by atoms with Crippen molar-refractivity contribution in [1.82, 2.24) is 0 Å². The van der Waals surface area contributed by atoms with E-state index < -0.39 is 12.1 Å². The SMILES string of the molecule is CC/C=C\C/C=C\C/C=C\C/C=C\C/C=C\CCCCCCCC(=O)OC(CCCCCCCCCCCCCCCCC)CC(=O)O. The lowest BCUT2D eigenvalue weighted by atomic mass is 10.0. The third-order valence-corrected chi connectivity index (χ3v) is 8.74. The fraction of sp³-hybridized carbons (Fsp3) is 0.727. The third kappa shape index (κ3) is 38.1. The molecule has 1 atom stereocenters. The number of aliphatic carboxylic acids is 1. The summed E-state index contributed by atoms with van der Waals surface area (Å²) < 4.78 is 5.58. The molecular formula is C44H76O4. The second kappa shape index (κ2) is 39.1. The zero-order valence-corrected chi connectivity index (χ0v) is 31.5. The van der Waals surface area contributed by atoms with Gasteiger partial charge in [0.1, 0.15) is 6.10 Å². The first-order valence-electron chi connectivity index (χ1n) is 20.3. The maximum absolute atomic E-state index is 12.4. The summed E-state index contributed by atoms with van der Waals surface area (Å²) in [6.07, 6.45) is 53.8. The Balaban J connectivity index is 3.71. The molecule has 0 aromatic heterocycles. The molecule has 0 aromatic rings. The summed E-state index contributed by atoms with van der Waals surface area (Å²) in [5.74, 6) is -1.12. The van der Waals surface area contributed by atoms with Gasteiger partial charge in [-0.25, -0.2) is 0 Å². The van der Waals surface area contributed by atoms with Crippen molar-refractivity contribution in [2.24, 2.45) is 0 Å². The van der Waals surface area contributed by atoms with E-state index in [9.17, 15) is 14.7 Å². The van der Waals surface area contributed by atoms with Crippen LogP contribution >= 0.6 is 0 Å². The van der Waals surface area contributed by atoms with E-state index >= 15 is 0 Å². The average molecular weight is 669 g/mol. The van der Waals surface area contributed by atoms with Gasteiger partial charge >= 0.3 is 11.9 Å². The first-order chi connectivity index (χ1) is 23.6. The highest BCUT2D eigenvalue weighted by Gasteiger charge is 2.17. The number of hydrogen-bond donors (Lipinski definition) is 1. The maximum Gasteiger partial charge on any atom is 0.307 e. The largest absolute Gasteiger partial charge is 0.481 e. The highest BCUT2D eigenvalue weighted by Crippen LogP contribution is 2.17. The minimum absolute atomic E-state index is 0.0832.